The number of aliphatic carboxylic acids is 1. The summed E-state index contributed by atoms with van der Waals surface area (Å²) in [6.07, 6.45) is 5.22. The highest BCUT2D eigenvalue weighted by molar-refractivity contribution is 6.59. The minimum Gasteiger partial charge on any atom is -0.480 e. The summed E-state index contributed by atoms with van der Waals surface area (Å²) >= 11 is 0. The van der Waals surface area contributed by atoms with Gasteiger partial charge >= 0.3 is 5.97 Å². The van der Waals surface area contributed by atoms with Crippen molar-refractivity contribution in [2.45, 2.75) is 68.7 Å². The Morgan fingerprint density at radius 1 is 1.29 bits per heavy atom. The first-order valence-corrected chi connectivity index (χ1v) is 15.5. The van der Waals surface area contributed by atoms with Gasteiger partial charge in [0.1, 0.15) is 32.5 Å². The predicted octanol–water partition coefficient (Wildman–Crippen LogP) is 4.69. The van der Waals surface area contributed by atoms with E-state index in [1.165, 1.54) is 11.6 Å². The number of anilines is 1. The van der Waals surface area contributed by atoms with Crippen LogP contribution in [0.3, 0.4) is 0 Å². The minimum absolute atomic E-state index is 0.0955. The number of nitrogens with one attached hydrogen (secondary N) is 1. The van der Waals surface area contributed by atoms with Crippen molar-refractivity contribution in [1.82, 2.24) is 9.55 Å². The first kappa shape index (κ1) is 27.2. The van der Waals surface area contributed by atoms with Crippen molar-refractivity contribution in [2.24, 2.45) is 0 Å². The maximum atomic E-state index is 15.0. The molecule has 3 aliphatic heterocycles. The van der Waals surface area contributed by atoms with E-state index >= 15 is 4.39 Å². The van der Waals surface area contributed by atoms with Crippen molar-refractivity contribution in [3.05, 3.63) is 58.3 Å². The van der Waals surface area contributed by atoms with Crippen molar-refractivity contribution in [3.63, 3.8) is 0 Å². The Morgan fingerprint density at radius 3 is 2.84 bits per heavy atom. The topological polar surface area (TPSA) is 83.9 Å². The predicted molar refractivity (Wildman–Crippen MR) is 142 cm³/mol. The highest BCUT2D eigenvalue weighted by Gasteiger charge is 2.42. The second-order valence-corrected chi connectivity index (χ2v) is 13.2. The fourth-order valence-corrected chi connectivity index (χ4v) is 8.18. The van der Waals surface area contributed by atoms with Gasteiger partial charge in [-0.1, -0.05) is 6.07 Å². The van der Waals surface area contributed by atoms with Crippen LogP contribution < -0.4 is 5.32 Å². The molecule has 1 radical (unpaired) electrons. The van der Waals surface area contributed by atoms with Crippen molar-refractivity contribution >= 4 is 20.7 Å². The fraction of sp³-hybridized carbons (Fsp3) is 0.571. The van der Waals surface area contributed by atoms with Crippen LogP contribution >= 0.6 is 0 Å². The van der Waals surface area contributed by atoms with Gasteiger partial charge in [-0.3, -0.25) is 4.79 Å². The van der Waals surface area contributed by atoms with Crippen LogP contribution in [0.4, 0.5) is 14.6 Å². The average Bonchev–Trinajstić information content (AvgIpc) is 2.87. The molecule has 2 saturated heterocycles. The summed E-state index contributed by atoms with van der Waals surface area (Å²) in [6.45, 7) is 2.57. The zero-order valence-electron chi connectivity index (χ0n) is 21.8. The van der Waals surface area contributed by atoms with Gasteiger partial charge in [0.2, 0.25) is 0 Å². The SMILES string of the molecule is CN([C@H](C(=O)O)c1cc(F)cc(F)c1C1CCOCC1)[Si]1CC(OCCCc2ccc3c(n2)NCCC3)C1. The number of halogens is 2. The molecule has 4 heterocycles. The molecule has 2 N–H and O–H groups in total. The van der Waals surface area contributed by atoms with Crippen LogP contribution in [0.2, 0.25) is 12.1 Å². The monoisotopic (exact) mass is 544 g/mol. The molecule has 0 bridgehead atoms. The Labute approximate surface area is 224 Å². The summed E-state index contributed by atoms with van der Waals surface area (Å²) in [5.41, 5.74) is 2.91. The number of nitrogens with zero attached hydrogens (tertiary/aromatic N) is 2. The van der Waals surface area contributed by atoms with E-state index in [-0.39, 0.29) is 17.6 Å². The van der Waals surface area contributed by atoms with Gasteiger partial charge < -0.3 is 24.5 Å². The van der Waals surface area contributed by atoms with Gasteiger partial charge in [0, 0.05) is 38.1 Å². The second kappa shape index (κ2) is 12.2. The Balaban J connectivity index is 1.16. The molecule has 38 heavy (non-hydrogen) atoms. The number of aryl methyl sites for hydroxylation is 2. The highest BCUT2D eigenvalue weighted by Crippen LogP contribution is 2.39. The van der Waals surface area contributed by atoms with E-state index < -0.39 is 32.6 Å². The molecule has 205 valence electrons. The quantitative estimate of drug-likeness (QED) is 0.332. The first-order valence-electron chi connectivity index (χ1n) is 13.6. The summed E-state index contributed by atoms with van der Waals surface area (Å²) in [5, 5.41) is 13.5. The highest BCUT2D eigenvalue weighted by atomic mass is 28.3. The van der Waals surface area contributed by atoms with Crippen LogP contribution in [0.5, 0.6) is 0 Å². The summed E-state index contributed by atoms with van der Waals surface area (Å²) in [6, 6.07) is 6.83. The van der Waals surface area contributed by atoms with Crippen LogP contribution in [0.1, 0.15) is 60.0 Å². The average molecular weight is 545 g/mol. The van der Waals surface area contributed by atoms with Crippen LogP contribution in [-0.4, -0.2) is 69.1 Å². The van der Waals surface area contributed by atoms with E-state index in [1.54, 1.807) is 7.05 Å². The number of carboxylic acid groups (broad SMARTS) is 1. The van der Waals surface area contributed by atoms with Crippen LogP contribution in [0.25, 0.3) is 0 Å². The Hall–Kier alpha value is -2.40. The molecule has 5 rings (SSSR count). The van der Waals surface area contributed by atoms with E-state index in [2.05, 4.69) is 17.4 Å². The number of benzene rings is 1. The number of carboxylic acids is 1. The molecule has 1 atom stereocenters. The van der Waals surface area contributed by atoms with Crippen LogP contribution in [-0.2, 0) is 27.1 Å². The van der Waals surface area contributed by atoms with Crippen LogP contribution in [0.15, 0.2) is 24.3 Å². The summed E-state index contributed by atoms with van der Waals surface area (Å²) in [7, 11) is 0.576. The molecule has 2 fully saturated rings. The van der Waals surface area contributed by atoms with Gasteiger partial charge in [0.05, 0.1) is 6.10 Å². The lowest BCUT2D eigenvalue weighted by molar-refractivity contribution is -0.141. The number of aromatic nitrogens is 1. The smallest absolute Gasteiger partial charge is 0.324 e. The van der Waals surface area contributed by atoms with Crippen molar-refractivity contribution in [3.8, 4) is 0 Å². The molecule has 1 aromatic heterocycles. The van der Waals surface area contributed by atoms with E-state index in [9.17, 15) is 14.3 Å². The largest absolute Gasteiger partial charge is 0.480 e. The number of carbonyl (C=O) groups is 1. The third-order valence-electron chi connectivity index (χ3n) is 7.98. The molecule has 0 saturated carbocycles. The van der Waals surface area contributed by atoms with Crippen molar-refractivity contribution in [1.29, 1.82) is 0 Å². The molecule has 0 spiro atoms. The second-order valence-electron chi connectivity index (χ2n) is 10.5. The molecule has 2 aromatic rings. The number of likely N-dealkylation sites (N-methyl/N-ethyl adjacent to an activating group) is 1. The molecule has 1 aromatic carbocycles. The number of fused-ring (bicyclic) bond motifs is 1. The molecular weight excluding hydrogens is 508 g/mol. The number of pyridine rings is 1. The van der Waals surface area contributed by atoms with E-state index in [0.717, 1.165) is 61.9 Å². The maximum absolute atomic E-state index is 15.0. The third-order valence-corrected chi connectivity index (χ3v) is 11.1. The fourth-order valence-electron chi connectivity index (χ4n) is 5.82. The van der Waals surface area contributed by atoms with Gasteiger partial charge in [-0.05, 0) is 92.4 Å². The van der Waals surface area contributed by atoms with E-state index in [0.29, 0.717) is 38.2 Å². The van der Waals surface area contributed by atoms with Gasteiger partial charge in [0.15, 0.2) is 0 Å². The normalized spacial score (nSPS) is 19.6. The zero-order valence-corrected chi connectivity index (χ0v) is 22.8. The molecule has 7 nitrogen and oxygen atoms in total. The third kappa shape index (κ3) is 6.08. The lowest BCUT2D eigenvalue weighted by Gasteiger charge is -2.42. The number of hydrogen-bond acceptors (Lipinski definition) is 6. The van der Waals surface area contributed by atoms with Gasteiger partial charge in [0.25, 0.3) is 0 Å². The summed E-state index contributed by atoms with van der Waals surface area (Å²) < 4.78 is 42.6. The van der Waals surface area contributed by atoms with Crippen LogP contribution in [0, 0.1) is 11.6 Å². The summed E-state index contributed by atoms with van der Waals surface area (Å²) in [5.74, 6) is -1.66. The minimum atomic E-state index is -1.20. The van der Waals surface area contributed by atoms with Gasteiger partial charge in [-0.15, -0.1) is 0 Å². The van der Waals surface area contributed by atoms with E-state index in [1.807, 2.05) is 4.57 Å². The number of hydrogen-bond donors (Lipinski definition) is 2. The lowest BCUT2D eigenvalue weighted by Crippen LogP contribution is -2.52. The summed E-state index contributed by atoms with van der Waals surface area (Å²) in [4.78, 5) is 17.2. The van der Waals surface area contributed by atoms with E-state index in [4.69, 9.17) is 14.5 Å². The Morgan fingerprint density at radius 2 is 2.08 bits per heavy atom. The molecular formula is C28H36F2N3O4Si. The van der Waals surface area contributed by atoms with Gasteiger partial charge in [-0.2, -0.15) is 0 Å². The van der Waals surface area contributed by atoms with Crippen molar-refractivity contribution in [2.75, 3.05) is 38.7 Å². The maximum Gasteiger partial charge on any atom is 0.324 e. The number of ether oxygens (including phenoxy) is 2. The molecule has 0 aliphatic carbocycles. The molecule has 0 amide bonds. The Kier molecular flexibility index (Phi) is 8.72. The molecule has 10 heteroatoms. The molecule has 0 unspecified atom stereocenters. The van der Waals surface area contributed by atoms with Crippen molar-refractivity contribution < 1.29 is 28.2 Å². The Bertz CT molecular complexity index is 1140. The lowest BCUT2D eigenvalue weighted by atomic mass is 9.85. The standard InChI is InChI=1S/C28H36F2N3O4Si/c1-33(26(28(34)35)23-14-20(29)15-24(30)25(23)18-8-12-36-13-9-18)38-16-22(17-38)37-11-3-5-21-7-6-19-4-2-10-31-27(19)32-21/h6-7,14-15,18,22,26H,2-5,8-13,16-17H2,1H3,(H,31,32)(H,34,35)/t26-/m0/s1. The first-order chi connectivity index (χ1) is 18.4. The molecule has 3 aliphatic rings. The number of rotatable bonds is 10. The van der Waals surface area contributed by atoms with Gasteiger partial charge in [-0.25, -0.2) is 13.8 Å². The zero-order chi connectivity index (χ0) is 26.6.